The van der Waals surface area contributed by atoms with Crippen molar-refractivity contribution in [3.63, 3.8) is 0 Å². The van der Waals surface area contributed by atoms with E-state index in [2.05, 4.69) is 5.32 Å². The van der Waals surface area contributed by atoms with Crippen LogP contribution in [0.5, 0.6) is 5.75 Å². The van der Waals surface area contributed by atoms with Gasteiger partial charge in [0.05, 0.1) is 12.2 Å². The zero-order chi connectivity index (χ0) is 19.8. The van der Waals surface area contributed by atoms with E-state index in [0.717, 1.165) is 5.56 Å². The smallest absolute Gasteiger partial charge is 0.329 e. The Balaban J connectivity index is 2.40. The number of carbonyl (C=O) groups excluding carboxylic acids is 2. The summed E-state index contributed by atoms with van der Waals surface area (Å²) in [5.41, 5.74) is 1.62. The molecule has 2 N–H and O–H groups in total. The molecule has 0 aromatic heterocycles. The Labute approximate surface area is 156 Å². The minimum atomic E-state index is -1.38. The van der Waals surface area contributed by atoms with Gasteiger partial charge in [-0.25, -0.2) is 4.79 Å². The summed E-state index contributed by atoms with van der Waals surface area (Å²) in [6.07, 6.45) is 0. The summed E-state index contributed by atoms with van der Waals surface area (Å²) in [6.45, 7) is 2.83. The molecule has 1 atom stereocenters. The third kappa shape index (κ3) is 5.31. The van der Waals surface area contributed by atoms with Gasteiger partial charge in [0, 0.05) is 6.92 Å². The number of hydrogen-bond donors (Lipinski definition) is 2. The number of carbonyl (C=O) groups is 3. The van der Waals surface area contributed by atoms with Crippen LogP contribution in [0, 0.1) is 0 Å². The van der Waals surface area contributed by atoms with Crippen molar-refractivity contribution in [2.45, 2.75) is 19.9 Å². The lowest BCUT2D eigenvalue weighted by atomic mass is 9.98. The summed E-state index contributed by atoms with van der Waals surface area (Å²) in [7, 11) is 0. The highest BCUT2D eigenvalue weighted by molar-refractivity contribution is 6.04. The highest BCUT2D eigenvalue weighted by Crippen LogP contribution is 2.31. The first-order chi connectivity index (χ1) is 12.9. The molecule has 142 valence electrons. The molecular formula is C20H21NO6. The van der Waals surface area contributed by atoms with Gasteiger partial charge < -0.3 is 19.9 Å². The van der Waals surface area contributed by atoms with Crippen molar-refractivity contribution in [1.82, 2.24) is 5.32 Å². The van der Waals surface area contributed by atoms with Gasteiger partial charge in [-0.3, -0.25) is 9.59 Å². The maximum Gasteiger partial charge on any atom is 0.329 e. The predicted octanol–water partition coefficient (Wildman–Crippen LogP) is 2.50. The molecule has 0 aliphatic rings. The van der Waals surface area contributed by atoms with Crippen LogP contribution in [0.25, 0.3) is 11.1 Å². The number of carboxylic acid groups (broad SMARTS) is 1. The standard InChI is InChI=1S/C20H21NO6/c1-3-26-17-11-7-10-15(14-8-5-4-6-9-14)18(17)19(23)21-16(20(24)25)12-27-13(2)22/h4-11,16H,3,12H2,1-2H3,(H,21,23)(H,24,25)/t16-/m0/s1. The van der Waals surface area contributed by atoms with Gasteiger partial charge >= 0.3 is 11.9 Å². The normalized spacial score (nSPS) is 11.3. The number of nitrogens with one attached hydrogen (secondary N) is 1. The van der Waals surface area contributed by atoms with E-state index in [0.29, 0.717) is 17.9 Å². The van der Waals surface area contributed by atoms with Crippen molar-refractivity contribution in [3.05, 3.63) is 54.1 Å². The second-order valence-corrected chi connectivity index (χ2v) is 5.64. The van der Waals surface area contributed by atoms with E-state index >= 15 is 0 Å². The summed E-state index contributed by atoms with van der Waals surface area (Å²) in [5.74, 6) is -2.22. The van der Waals surface area contributed by atoms with E-state index < -0.39 is 30.5 Å². The second-order valence-electron chi connectivity index (χ2n) is 5.64. The van der Waals surface area contributed by atoms with Gasteiger partial charge in [-0.1, -0.05) is 42.5 Å². The van der Waals surface area contributed by atoms with Gasteiger partial charge in [0.2, 0.25) is 0 Å². The van der Waals surface area contributed by atoms with Crippen LogP contribution >= 0.6 is 0 Å². The Morgan fingerprint density at radius 2 is 1.78 bits per heavy atom. The fourth-order valence-corrected chi connectivity index (χ4v) is 2.51. The van der Waals surface area contributed by atoms with Gasteiger partial charge in [0.15, 0.2) is 6.04 Å². The van der Waals surface area contributed by atoms with Crippen LogP contribution in [0.15, 0.2) is 48.5 Å². The van der Waals surface area contributed by atoms with E-state index in [1.165, 1.54) is 6.92 Å². The third-order valence-electron chi connectivity index (χ3n) is 3.69. The van der Waals surface area contributed by atoms with Crippen molar-refractivity contribution < 1.29 is 29.0 Å². The Kier molecular flexibility index (Phi) is 6.93. The largest absolute Gasteiger partial charge is 0.493 e. The quantitative estimate of drug-likeness (QED) is 0.691. The van der Waals surface area contributed by atoms with E-state index in [4.69, 9.17) is 9.47 Å². The highest BCUT2D eigenvalue weighted by atomic mass is 16.5. The number of esters is 1. The molecule has 0 radical (unpaired) electrons. The van der Waals surface area contributed by atoms with Crippen molar-refractivity contribution in [2.24, 2.45) is 0 Å². The average molecular weight is 371 g/mol. The fourth-order valence-electron chi connectivity index (χ4n) is 2.51. The van der Waals surface area contributed by atoms with Crippen LogP contribution < -0.4 is 10.1 Å². The van der Waals surface area contributed by atoms with Crippen molar-refractivity contribution in [2.75, 3.05) is 13.2 Å². The number of benzene rings is 2. The van der Waals surface area contributed by atoms with Gasteiger partial charge in [-0.2, -0.15) is 0 Å². The number of carboxylic acids is 1. The Morgan fingerprint density at radius 1 is 1.07 bits per heavy atom. The molecule has 1 amide bonds. The molecule has 7 heteroatoms. The van der Waals surface area contributed by atoms with E-state index in [9.17, 15) is 19.5 Å². The number of hydrogen-bond acceptors (Lipinski definition) is 5. The van der Waals surface area contributed by atoms with Crippen LogP contribution in [-0.4, -0.2) is 42.2 Å². The molecule has 0 unspecified atom stereocenters. The highest BCUT2D eigenvalue weighted by Gasteiger charge is 2.26. The molecule has 0 spiro atoms. The van der Waals surface area contributed by atoms with Gasteiger partial charge in [0.1, 0.15) is 12.4 Å². The van der Waals surface area contributed by atoms with E-state index in [1.54, 1.807) is 25.1 Å². The molecule has 0 saturated carbocycles. The van der Waals surface area contributed by atoms with Crippen molar-refractivity contribution in [1.29, 1.82) is 0 Å². The van der Waals surface area contributed by atoms with Crippen molar-refractivity contribution >= 4 is 17.8 Å². The predicted molar refractivity (Wildman–Crippen MR) is 98.6 cm³/mol. The molecule has 27 heavy (non-hydrogen) atoms. The number of amides is 1. The van der Waals surface area contributed by atoms with Gasteiger partial charge in [-0.05, 0) is 24.1 Å². The minimum absolute atomic E-state index is 0.222. The first-order valence-electron chi connectivity index (χ1n) is 8.42. The summed E-state index contributed by atoms with van der Waals surface area (Å²) in [6, 6.07) is 13.0. The fraction of sp³-hybridized carbons (Fsp3) is 0.250. The SMILES string of the molecule is CCOc1cccc(-c2ccccc2)c1C(=O)N[C@@H](COC(C)=O)C(=O)O. The first-order valence-corrected chi connectivity index (χ1v) is 8.42. The summed E-state index contributed by atoms with van der Waals surface area (Å²) in [5, 5.41) is 11.7. The number of aliphatic carboxylic acids is 1. The molecule has 0 saturated heterocycles. The summed E-state index contributed by atoms with van der Waals surface area (Å²) < 4.78 is 10.3. The van der Waals surface area contributed by atoms with E-state index in [-0.39, 0.29) is 5.56 Å². The Hall–Kier alpha value is -3.35. The van der Waals surface area contributed by atoms with E-state index in [1.807, 2.05) is 30.3 Å². The number of rotatable bonds is 8. The van der Waals surface area contributed by atoms with Crippen LogP contribution in [0.2, 0.25) is 0 Å². The Bertz CT molecular complexity index is 818. The van der Waals surface area contributed by atoms with Gasteiger partial charge in [-0.15, -0.1) is 0 Å². The average Bonchev–Trinajstić information content (AvgIpc) is 2.65. The number of ether oxygens (including phenoxy) is 2. The first kappa shape index (κ1) is 20.0. The van der Waals surface area contributed by atoms with Crippen LogP contribution in [-0.2, 0) is 14.3 Å². The molecule has 0 heterocycles. The molecule has 2 rings (SSSR count). The maximum absolute atomic E-state index is 12.9. The van der Waals surface area contributed by atoms with Gasteiger partial charge in [0.25, 0.3) is 5.91 Å². The molecule has 2 aromatic rings. The lowest BCUT2D eigenvalue weighted by molar-refractivity contribution is -0.146. The van der Waals surface area contributed by atoms with Crippen LogP contribution in [0.4, 0.5) is 0 Å². The molecule has 0 aliphatic heterocycles. The zero-order valence-corrected chi connectivity index (χ0v) is 15.1. The molecule has 2 aromatic carbocycles. The van der Waals surface area contributed by atoms with Crippen LogP contribution in [0.3, 0.4) is 0 Å². The zero-order valence-electron chi connectivity index (χ0n) is 15.1. The summed E-state index contributed by atoms with van der Waals surface area (Å²) >= 11 is 0. The Morgan fingerprint density at radius 3 is 2.37 bits per heavy atom. The molecule has 7 nitrogen and oxygen atoms in total. The second kappa shape index (κ2) is 9.38. The lowest BCUT2D eigenvalue weighted by Gasteiger charge is -2.18. The third-order valence-corrected chi connectivity index (χ3v) is 3.69. The summed E-state index contributed by atoms with van der Waals surface area (Å²) in [4.78, 5) is 35.3. The molecule has 0 aliphatic carbocycles. The minimum Gasteiger partial charge on any atom is -0.493 e. The van der Waals surface area contributed by atoms with Crippen molar-refractivity contribution in [3.8, 4) is 16.9 Å². The topological polar surface area (TPSA) is 102 Å². The molecule has 0 fully saturated rings. The lowest BCUT2D eigenvalue weighted by Crippen LogP contribution is -2.44. The molecular weight excluding hydrogens is 350 g/mol. The van der Waals surface area contributed by atoms with Crippen LogP contribution in [0.1, 0.15) is 24.2 Å². The maximum atomic E-state index is 12.9. The monoisotopic (exact) mass is 371 g/mol. The molecule has 0 bridgehead atoms.